The second kappa shape index (κ2) is 7.35. The molecule has 6 heteroatoms. The van der Waals surface area contributed by atoms with Crippen molar-refractivity contribution in [3.05, 3.63) is 22.2 Å². The molecule has 0 saturated heterocycles. The zero-order valence-electron chi connectivity index (χ0n) is 14.8. The fourth-order valence-corrected chi connectivity index (χ4v) is 1.94. The molecule has 0 saturated carbocycles. The van der Waals surface area contributed by atoms with Gasteiger partial charge in [-0.15, -0.1) is 0 Å². The number of nitrogens with zero attached hydrogens (tertiary/aromatic N) is 1. The van der Waals surface area contributed by atoms with Crippen molar-refractivity contribution in [3.63, 3.8) is 0 Å². The summed E-state index contributed by atoms with van der Waals surface area (Å²) in [5, 5.41) is 8.96. The lowest BCUT2D eigenvalue weighted by Crippen LogP contribution is -2.26. The number of carbonyl (C=O) groups excluding carboxylic acids is 2. The van der Waals surface area contributed by atoms with Crippen molar-refractivity contribution in [1.29, 1.82) is 5.26 Å². The van der Waals surface area contributed by atoms with E-state index in [1.807, 2.05) is 6.07 Å². The van der Waals surface area contributed by atoms with E-state index in [9.17, 15) is 9.59 Å². The SMILES string of the molecule is CC(C)(C)C(=O)Oc1cc(CC#N)c(Br)c(OC(=O)C(C)(C)C)c1. The molecule has 0 N–H and O–H groups in total. The Labute approximate surface area is 151 Å². The van der Waals surface area contributed by atoms with E-state index in [0.717, 1.165) is 0 Å². The monoisotopic (exact) mass is 395 g/mol. The van der Waals surface area contributed by atoms with Crippen LogP contribution in [0.15, 0.2) is 16.6 Å². The van der Waals surface area contributed by atoms with Gasteiger partial charge in [-0.2, -0.15) is 5.26 Å². The molecule has 0 aliphatic heterocycles. The van der Waals surface area contributed by atoms with Crippen LogP contribution in [-0.2, 0) is 16.0 Å². The number of hydrogen-bond donors (Lipinski definition) is 0. The molecule has 0 aromatic heterocycles. The van der Waals surface area contributed by atoms with E-state index in [4.69, 9.17) is 14.7 Å². The van der Waals surface area contributed by atoms with Crippen LogP contribution < -0.4 is 9.47 Å². The lowest BCUT2D eigenvalue weighted by molar-refractivity contribution is -0.143. The minimum Gasteiger partial charge on any atom is -0.426 e. The topological polar surface area (TPSA) is 76.4 Å². The van der Waals surface area contributed by atoms with Gasteiger partial charge in [-0.3, -0.25) is 9.59 Å². The standard InChI is InChI=1S/C18H22BrNO4/c1-17(2,3)15(21)23-12-9-11(7-8-20)14(19)13(10-12)24-16(22)18(4,5)6/h9-10H,7H2,1-6H3. The molecule has 130 valence electrons. The number of hydrogen-bond acceptors (Lipinski definition) is 5. The summed E-state index contributed by atoms with van der Waals surface area (Å²) in [6.45, 7) is 10.4. The second-order valence-electron chi connectivity index (χ2n) is 7.51. The first-order valence-corrected chi connectivity index (χ1v) is 8.29. The van der Waals surface area contributed by atoms with Crippen LogP contribution >= 0.6 is 15.9 Å². The van der Waals surface area contributed by atoms with Crippen LogP contribution in [-0.4, -0.2) is 11.9 Å². The summed E-state index contributed by atoms with van der Waals surface area (Å²) in [6, 6.07) is 5.09. The third-order valence-corrected chi connectivity index (χ3v) is 3.90. The molecule has 0 aliphatic rings. The number of benzene rings is 1. The molecule has 0 fully saturated rings. The molecule has 0 radical (unpaired) electrons. The van der Waals surface area contributed by atoms with Gasteiger partial charge in [0.1, 0.15) is 11.5 Å². The summed E-state index contributed by atoms with van der Waals surface area (Å²) >= 11 is 3.35. The Morgan fingerprint density at radius 3 is 2.00 bits per heavy atom. The van der Waals surface area contributed by atoms with Crippen LogP contribution in [0.3, 0.4) is 0 Å². The first-order valence-electron chi connectivity index (χ1n) is 7.50. The highest BCUT2D eigenvalue weighted by Gasteiger charge is 2.27. The van der Waals surface area contributed by atoms with E-state index in [0.29, 0.717) is 10.0 Å². The summed E-state index contributed by atoms with van der Waals surface area (Å²) in [6.07, 6.45) is 0.0849. The van der Waals surface area contributed by atoms with Gasteiger partial charge in [0.05, 0.1) is 27.8 Å². The van der Waals surface area contributed by atoms with Gasteiger partial charge in [-0.25, -0.2) is 0 Å². The molecular formula is C18H22BrNO4. The fourth-order valence-electron chi connectivity index (χ4n) is 1.49. The molecular weight excluding hydrogens is 374 g/mol. The van der Waals surface area contributed by atoms with E-state index >= 15 is 0 Å². The molecule has 0 atom stereocenters. The number of ether oxygens (including phenoxy) is 2. The highest BCUT2D eigenvalue weighted by molar-refractivity contribution is 9.10. The maximum Gasteiger partial charge on any atom is 0.316 e. The van der Waals surface area contributed by atoms with E-state index in [2.05, 4.69) is 15.9 Å². The van der Waals surface area contributed by atoms with Gasteiger partial charge in [0, 0.05) is 6.07 Å². The first kappa shape index (κ1) is 20.2. The van der Waals surface area contributed by atoms with Crippen LogP contribution in [0.2, 0.25) is 0 Å². The molecule has 5 nitrogen and oxygen atoms in total. The smallest absolute Gasteiger partial charge is 0.316 e. The number of carbonyl (C=O) groups is 2. The van der Waals surface area contributed by atoms with Crippen LogP contribution in [0, 0.1) is 22.2 Å². The van der Waals surface area contributed by atoms with E-state index in [1.165, 1.54) is 6.07 Å². The van der Waals surface area contributed by atoms with Gasteiger partial charge < -0.3 is 9.47 Å². The summed E-state index contributed by atoms with van der Waals surface area (Å²) in [5.74, 6) is -0.384. The first-order chi connectivity index (χ1) is 10.9. The Morgan fingerprint density at radius 1 is 1.04 bits per heavy atom. The van der Waals surface area contributed by atoms with Crippen molar-refractivity contribution in [2.75, 3.05) is 0 Å². The van der Waals surface area contributed by atoms with Gasteiger partial charge >= 0.3 is 11.9 Å². The second-order valence-corrected chi connectivity index (χ2v) is 8.30. The summed E-state index contributed by atoms with van der Waals surface area (Å²) in [5.41, 5.74) is -0.786. The van der Waals surface area contributed by atoms with E-state index < -0.39 is 22.8 Å². The van der Waals surface area contributed by atoms with Gasteiger partial charge in [-0.1, -0.05) is 0 Å². The number of esters is 2. The normalized spacial score (nSPS) is 11.6. The molecule has 0 unspecified atom stereocenters. The third-order valence-electron chi connectivity index (χ3n) is 3.00. The molecule has 1 rings (SSSR count). The lowest BCUT2D eigenvalue weighted by atomic mass is 9.97. The number of halogens is 1. The van der Waals surface area contributed by atoms with Crippen LogP contribution in [0.5, 0.6) is 11.5 Å². The third kappa shape index (κ3) is 5.34. The van der Waals surface area contributed by atoms with Gasteiger partial charge in [0.25, 0.3) is 0 Å². The minimum absolute atomic E-state index is 0.0849. The summed E-state index contributed by atoms with van der Waals surface area (Å²) < 4.78 is 11.3. The number of rotatable bonds is 3. The van der Waals surface area contributed by atoms with Crippen molar-refractivity contribution in [2.24, 2.45) is 10.8 Å². The quantitative estimate of drug-likeness (QED) is 0.559. The summed E-state index contributed by atoms with van der Waals surface area (Å²) in [4.78, 5) is 24.2. The van der Waals surface area contributed by atoms with Gasteiger partial charge in [0.15, 0.2) is 0 Å². The van der Waals surface area contributed by atoms with Crippen LogP contribution in [0.4, 0.5) is 0 Å². The number of nitriles is 1. The lowest BCUT2D eigenvalue weighted by Gasteiger charge is -2.20. The Hall–Kier alpha value is -1.87. The highest BCUT2D eigenvalue weighted by atomic mass is 79.9. The molecule has 0 amide bonds. The maximum absolute atomic E-state index is 12.1. The largest absolute Gasteiger partial charge is 0.426 e. The average molecular weight is 396 g/mol. The Morgan fingerprint density at radius 2 is 1.54 bits per heavy atom. The molecule has 1 aromatic carbocycles. The van der Waals surface area contributed by atoms with Gasteiger partial charge in [-0.05, 0) is 69.1 Å². The highest BCUT2D eigenvalue weighted by Crippen LogP contribution is 2.36. The van der Waals surface area contributed by atoms with Crippen LogP contribution in [0.1, 0.15) is 47.1 Å². The Kier molecular flexibility index (Phi) is 6.18. The average Bonchev–Trinajstić information content (AvgIpc) is 2.41. The molecule has 0 bridgehead atoms. The van der Waals surface area contributed by atoms with Crippen molar-refractivity contribution in [2.45, 2.75) is 48.0 Å². The van der Waals surface area contributed by atoms with Crippen molar-refractivity contribution in [1.82, 2.24) is 0 Å². The molecule has 1 aromatic rings. The zero-order chi connectivity index (χ0) is 18.7. The molecule has 0 heterocycles. The van der Waals surface area contributed by atoms with Crippen LogP contribution in [0.25, 0.3) is 0 Å². The van der Waals surface area contributed by atoms with Crippen molar-refractivity contribution < 1.29 is 19.1 Å². The maximum atomic E-state index is 12.1. The Balaban J connectivity index is 3.26. The van der Waals surface area contributed by atoms with Gasteiger partial charge in [0.2, 0.25) is 0 Å². The minimum atomic E-state index is -0.688. The van der Waals surface area contributed by atoms with Crippen molar-refractivity contribution >= 4 is 27.9 Å². The Bertz CT molecular complexity index is 691. The summed E-state index contributed by atoms with van der Waals surface area (Å²) in [7, 11) is 0. The molecule has 0 aliphatic carbocycles. The van der Waals surface area contributed by atoms with E-state index in [-0.39, 0.29) is 17.9 Å². The van der Waals surface area contributed by atoms with E-state index in [1.54, 1.807) is 47.6 Å². The predicted molar refractivity (Wildman–Crippen MR) is 93.6 cm³/mol. The molecule has 0 spiro atoms. The predicted octanol–water partition coefficient (Wildman–Crippen LogP) is 4.42. The fraction of sp³-hybridized carbons (Fsp3) is 0.500. The zero-order valence-corrected chi connectivity index (χ0v) is 16.4. The van der Waals surface area contributed by atoms with Crippen molar-refractivity contribution in [3.8, 4) is 17.6 Å². The molecule has 24 heavy (non-hydrogen) atoms.